The van der Waals surface area contributed by atoms with Crippen LogP contribution in [0.4, 0.5) is 5.69 Å². The van der Waals surface area contributed by atoms with Gasteiger partial charge in [0, 0.05) is 23.3 Å². The van der Waals surface area contributed by atoms with E-state index in [-0.39, 0.29) is 23.5 Å². The largest absolute Gasteiger partial charge is 0.382 e. The molecule has 0 unspecified atom stereocenters. The van der Waals surface area contributed by atoms with E-state index in [9.17, 15) is 13.2 Å². The SMILES string of the molecule is O=C(NC1CC1)c1ccc(NC2CCS(=O)(=O)CC2)cc1. The van der Waals surface area contributed by atoms with E-state index in [1.807, 2.05) is 12.1 Å². The van der Waals surface area contributed by atoms with E-state index in [2.05, 4.69) is 10.6 Å². The summed E-state index contributed by atoms with van der Waals surface area (Å²) in [6.07, 6.45) is 3.45. The molecule has 0 bridgehead atoms. The first-order valence-electron chi connectivity index (χ1n) is 7.40. The van der Waals surface area contributed by atoms with Gasteiger partial charge in [-0.1, -0.05) is 0 Å². The van der Waals surface area contributed by atoms with Crippen molar-refractivity contribution in [3.8, 4) is 0 Å². The molecular weight excluding hydrogens is 288 g/mol. The Bertz CT molecular complexity index is 607. The number of hydrogen-bond donors (Lipinski definition) is 2. The normalized spacial score (nSPS) is 21.7. The summed E-state index contributed by atoms with van der Waals surface area (Å²) >= 11 is 0. The molecule has 0 radical (unpaired) electrons. The highest BCUT2D eigenvalue weighted by molar-refractivity contribution is 7.91. The molecule has 3 rings (SSSR count). The van der Waals surface area contributed by atoms with Crippen LogP contribution in [0.25, 0.3) is 0 Å². The monoisotopic (exact) mass is 308 g/mol. The van der Waals surface area contributed by atoms with Crippen molar-refractivity contribution in [2.45, 2.75) is 37.8 Å². The molecule has 0 aromatic heterocycles. The zero-order valence-electron chi connectivity index (χ0n) is 11.8. The molecule has 2 fully saturated rings. The molecule has 0 spiro atoms. The Labute approximate surface area is 125 Å². The van der Waals surface area contributed by atoms with Crippen molar-refractivity contribution < 1.29 is 13.2 Å². The first kappa shape index (κ1) is 14.4. The van der Waals surface area contributed by atoms with Crippen LogP contribution < -0.4 is 10.6 Å². The molecule has 2 aliphatic rings. The summed E-state index contributed by atoms with van der Waals surface area (Å²) in [5.74, 6) is 0.492. The van der Waals surface area contributed by atoms with Crippen LogP contribution in [0.2, 0.25) is 0 Å². The third kappa shape index (κ3) is 3.97. The fraction of sp³-hybridized carbons (Fsp3) is 0.533. The van der Waals surface area contributed by atoms with Crippen LogP contribution in [0, 0.1) is 0 Å². The standard InChI is InChI=1S/C15H20N2O3S/c18-15(17-13-5-6-13)11-1-3-12(4-2-11)16-14-7-9-21(19,20)10-8-14/h1-4,13-14,16H,5-10H2,(H,17,18). The van der Waals surface area contributed by atoms with Gasteiger partial charge in [0.2, 0.25) is 0 Å². The van der Waals surface area contributed by atoms with Crippen molar-refractivity contribution >= 4 is 21.4 Å². The predicted octanol–water partition coefficient (Wildman–Crippen LogP) is 1.57. The Morgan fingerprint density at radius 2 is 1.57 bits per heavy atom. The predicted molar refractivity (Wildman–Crippen MR) is 82.2 cm³/mol. The van der Waals surface area contributed by atoms with Crippen LogP contribution in [0.1, 0.15) is 36.0 Å². The van der Waals surface area contributed by atoms with Crippen molar-refractivity contribution in [2.75, 3.05) is 16.8 Å². The Morgan fingerprint density at radius 1 is 0.952 bits per heavy atom. The molecular formula is C15H20N2O3S. The lowest BCUT2D eigenvalue weighted by Gasteiger charge is -2.24. The van der Waals surface area contributed by atoms with Gasteiger partial charge in [0.05, 0.1) is 11.5 Å². The lowest BCUT2D eigenvalue weighted by Crippen LogP contribution is -2.32. The van der Waals surface area contributed by atoms with Gasteiger partial charge >= 0.3 is 0 Å². The minimum Gasteiger partial charge on any atom is -0.382 e. The third-order valence-electron chi connectivity index (χ3n) is 3.99. The number of benzene rings is 1. The molecule has 1 saturated carbocycles. The minimum atomic E-state index is -2.82. The summed E-state index contributed by atoms with van der Waals surface area (Å²) in [6, 6.07) is 7.92. The van der Waals surface area contributed by atoms with Crippen LogP contribution in [0.3, 0.4) is 0 Å². The van der Waals surface area contributed by atoms with Gasteiger partial charge in [0.1, 0.15) is 9.84 Å². The Balaban J connectivity index is 1.55. The number of hydrogen-bond acceptors (Lipinski definition) is 4. The van der Waals surface area contributed by atoms with Gasteiger partial charge in [0.25, 0.3) is 5.91 Å². The average Bonchev–Trinajstić information content (AvgIpc) is 3.26. The van der Waals surface area contributed by atoms with Crippen molar-refractivity contribution in [1.29, 1.82) is 0 Å². The summed E-state index contributed by atoms with van der Waals surface area (Å²) in [4.78, 5) is 11.9. The molecule has 1 aromatic carbocycles. The summed E-state index contributed by atoms with van der Waals surface area (Å²) in [7, 11) is -2.82. The third-order valence-corrected chi connectivity index (χ3v) is 5.70. The van der Waals surface area contributed by atoms with Crippen LogP contribution in [-0.2, 0) is 9.84 Å². The second kappa shape index (κ2) is 5.67. The number of anilines is 1. The van der Waals surface area contributed by atoms with E-state index in [1.165, 1.54) is 0 Å². The molecule has 1 amide bonds. The second-order valence-electron chi connectivity index (χ2n) is 5.90. The molecule has 0 atom stereocenters. The van der Waals surface area contributed by atoms with E-state index in [0.717, 1.165) is 18.5 Å². The highest BCUT2D eigenvalue weighted by atomic mass is 32.2. The first-order valence-corrected chi connectivity index (χ1v) is 9.22. The molecule has 21 heavy (non-hydrogen) atoms. The van der Waals surface area contributed by atoms with Crippen LogP contribution in [-0.4, -0.2) is 37.9 Å². The van der Waals surface area contributed by atoms with Gasteiger partial charge in [0.15, 0.2) is 0 Å². The number of amides is 1. The van der Waals surface area contributed by atoms with Crippen molar-refractivity contribution in [2.24, 2.45) is 0 Å². The fourth-order valence-electron chi connectivity index (χ4n) is 2.48. The van der Waals surface area contributed by atoms with Crippen molar-refractivity contribution in [3.05, 3.63) is 29.8 Å². The van der Waals surface area contributed by atoms with Crippen molar-refractivity contribution in [1.82, 2.24) is 5.32 Å². The molecule has 5 nitrogen and oxygen atoms in total. The minimum absolute atomic E-state index is 0.0205. The summed E-state index contributed by atoms with van der Waals surface area (Å²) in [6.45, 7) is 0. The second-order valence-corrected chi connectivity index (χ2v) is 8.20. The summed E-state index contributed by atoms with van der Waals surface area (Å²) < 4.78 is 22.8. The topological polar surface area (TPSA) is 75.3 Å². The van der Waals surface area contributed by atoms with Crippen LogP contribution >= 0.6 is 0 Å². The Kier molecular flexibility index (Phi) is 3.89. The highest BCUT2D eigenvalue weighted by Gasteiger charge is 2.24. The van der Waals surface area contributed by atoms with Gasteiger partial charge in [-0.05, 0) is 49.9 Å². The molecule has 2 N–H and O–H groups in total. The molecule has 1 aliphatic heterocycles. The number of carbonyl (C=O) groups excluding carboxylic acids is 1. The molecule has 1 heterocycles. The number of nitrogens with one attached hydrogen (secondary N) is 2. The maximum atomic E-state index is 11.9. The zero-order chi connectivity index (χ0) is 14.9. The molecule has 1 aliphatic carbocycles. The molecule has 114 valence electrons. The number of carbonyl (C=O) groups is 1. The number of sulfone groups is 1. The Morgan fingerprint density at radius 3 is 2.14 bits per heavy atom. The quantitative estimate of drug-likeness (QED) is 0.885. The van der Waals surface area contributed by atoms with E-state index < -0.39 is 9.84 Å². The summed E-state index contributed by atoms with van der Waals surface area (Å²) in [5.41, 5.74) is 1.60. The number of rotatable bonds is 4. The smallest absolute Gasteiger partial charge is 0.251 e. The van der Waals surface area contributed by atoms with E-state index in [0.29, 0.717) is 24.4 Å². The van der Waals surface area contributed by atoms with E-state index in [1.54, 1.807) is 12.1 Å². The van der Waals surface area contributed by atoms with Gasteiger partial charge in [-0.3, -0.25) is 4.79 Å². The Hall–Kier alpha value is -1.56. The van der Waals surface area contributed by atoms with Crippen molar-refractivity contribution in [3.63, 3.8) is 0 Å². The van der Waals surface area contributed by atoms with E-state index in [4.69, 9.17) is 0 Å². The lowest BCUT2D eigenvalue weighted by atomic mass is 10.1. The van der Waals surface area contributed by atoms with Gasteiger partial charge in [-0.25, -0.2) is 8.42 Å². The first-order chi connectivity index (χ1) is 10.0. The van der Waals surface area contributed by atoms with Crippen LogP contribution in [0.15, 0.2) is 24.3 Å². The lowest BCUT2D eigenvalue weighted by molar-refractivity contribution is 0.0951. The molecule has 1 aromatic rings. The van der Waals surface area contributed by atoms with Gasteiger partial charge in [-0.15, -0.1) is 0 Å². The molecule has 6 heteroatoms. The fourth-order valence-corrected chi connectivity index (χ4v) is 3.98. The highest BCUT2D eigenvalue weighted by Crippen LogP contribution is 2.21. The van der Waals surface area contributed by atoms with E-state index >= 15 is 0 Å². The maximum Gasteiger partial charge on any atom is 0.251 e. The molecule has 1 saturated heterocycles. The summed E-state index contributed by atoms with van der Waals surface area (Å²) in [5, 5.41) is 6.30. The van der Waals surface area contributed by atoms with Crippen LogP contribution in [0.5, 0.6) is 0 Å². The van der Waals surface area contributed by atoms with Gasteiger partial charge < -0.3 is 10.6 Å². The maximum absolute atomic E-state index is 11.9. The average molecular weight is 308 g/mol. The van der Waals surface area contributed by atoms with Gasteiger partial charge in [-0.2, -0.15) is 0 Å². The zero-order valence-corrected chi connectivity index (χ0v) is 12.7.